The summed E-state index contributed by atoms with van der Waals surface area (Å²) >= 11 is 0. The smallest absolute Gasteiger partial charge is 0.225 e. The van der Waals surface area contributed by atoms with E-state index in [0.29, 0.717) is 44.0 Å². The van der Waals surface area contributed by atoms with Gasteiger partial charge in [-0.3, -0.25) is 4.79 Å². The Labute approximate surface area is 190 Å². The first-order chi connectivity index (χ1) is 15.4. The van der Waals surface area contributed by atoms with Crippen LogP contribution in [0.25, 0.3) is 11.1 Å². The van der Waals surface area contributed by atoms with E-state index in [-0.39, 0.29) is 17.9 Å². The lowest BCUT2D eigenvalue weighted by Crippen LogP contribution is -2.54. The second-order valence-electron chi connectivity index (χ2n) is 8.41. The first-order valence-electron chi connectivity index (χ1n) is 11.0. The molecule has 3 rings (SSSR count). The molecule has 0 aliphatic carbocycles. The van der Waals surface area contributed by atoms with Crippen LogP contribution in [0.5, 0.6) is 5.75 Å². The van der Waals surface area contributed by atoms with Crippen LogP contribution in [0.2, 0.25) is 0 Å². The van der Waals surface area contributed by atoms with Crippen LogP contribution in [0.1, 0.15) is 44.4 Å². The van der Waals surface area contributed by atoms with Crippen molar-refractivity contribution >= 4 is 11.7 Å². The third-order valence-electron chi connectivity index (χ3n) is 5.87. The van der Waals surface area contributed by atoms with E-state index in [1.165, 1.54) is 0 Å². The lowest BCUT2D eigenvalue weighted by atomic mass is 9.95. The molecule has 0 saturated carbocycles. The molecule has 0 N–H and O–H groups in total. The molecule has 32 heavy (non-hydrogen) atoms. The van der Waals surface area contributed by atoms with Crippen molar-refractivity contribution < 1.29 is 14.3 Å². The van der Waals surface area contributed by atoms with Crippen LogP contribution in [0.3, 0.4) is 0 Å². The van der Waals surface area contributed by atoms with E-state index in [1.807, 2.05) is 42.2 Å². The van der Waals surface area contributed by atoms with Gasteiger partial charge in [-0.1, -0.05) is 26.0 Å². The van der Waals surface area contributed by atoms with Crippen LogP contribution >= 0.6 is 0 Å². The summed E-state index contributed by atoms with van der Waals surface area (Å²) in [5.41, 5.74) is 3.47. The van der Waals surface area contributed by atoms with Crippen molar-refractivity contribution in [1.29, 1.82) is 5.26 Å². The molecule has 2 heterocycles. The first kappa shape index (κ1) is 23.6. The molecule has 7 nitrogen and oxygen atoms in total. The SMILES string of the molecule is COCCC(=O)N1CCN(c2nc(C(C)C)c(-c3ccc(OC)cc3)cc2C#N)CC1C. The van der Waals surface area contributed by atoms with Crippen LogP contribution in [-0.4, -0.2) is 62.3 Å². The minimum Gasteiger partial charge on any atom is -0.497 e. The number of carbonyl (C=O) groups is 1. The molecule has 170 valence electrons. The van der Waals surface area contributed by atoms with E-state index in [0.717, 1.165) is 22.6 Å². The molecular weight excluding hydrogens is 404 g/mol. The predicted molar refractivity (Wildman–Crippen MR) is 125 cm³/mol. The second-order valence-corrected chi connectivity index (χ2v) is 8.41. The van der Waals surface area contributed by atoms with Crippen LogP contribution in [-0.2, 0) is 9.53 Å². The average Bonchev–Trinajstić information content (AvgIpc) is 2.81. The summed E-state index contributed by atoms with van der Waals surface area (Å²) in [5, 5.41) is 9.92. The molecule has 7 heteroatoms. The molecule has 1 aromatic heterocycles. The zero-order chi connectivity index (χ0) is 23.3. The number of benzene rings is 1. The Kier molecular flexibility index (Phi) is 7.70. The van der Waals surface area contributed by atoms with E-state index in [1.54, 1.807) is 14.2 Å². The highest BCUT2D eigenvalue weighted by molar-refractivity contribution is 5.77. The standard InChI is InChI=1S/C25H32N4O3/c1-17(2)24-22(19-6-8-21(32-5)9-7-19)14-20(15-26)25(27-24)28-11-12-29(18(3)16-28)23(30)10-13-31-4/h6-9,14,17-18H,10-13,16H2,1-5H3. The van der Waals surface area contributed by atoms with Crippen molar-refractivity contribution in [2.24, 2.45) is 0 Å². The van der Waals surface area contributed by atoms with Crippen molar-refractivity contribution in [2.45, 2.75) is 39.2 Å². The number of ether oxygens (including phenoxy) is 2. The quantitative estimate of drug-likeness (QED) is 0.656. The molecule has 0 radical (unpaired) electrons. The van der Waals surface area contributed by atoms with Gasteiger partial charge in [-0.05, 0) is 36.6 Å². The molecule has 0 bridgehead atoms. The van der Waals surface area contributed by atoms with Crippen LogP contribution in [0, 0.1) is 11.3 Å². The molecule has 1 aromatic carbocycles. The van der Waals surface area contributed by atoms with Crippen molar-refractivity contribution in [3.63, 3.8) is 0 Å². The maximum absolute atomic E-state index is 12.5. The Hall–Kier alpha value is -3.11. The summed E-state index contributed by atoms with van der Waals surface area (Å²) in [4.78, 5) is 21.5. The topological polar surface area (TPSA) is 78.7 Å². The van der Waals surface area contributed by atoms with Crippen molar-refractivity contribution in [3.8, 4) is 22.9 Å². The monoisotopic (exact) mass is 436 g/mol. The minimum atomic E-state index is 0.0326. The van der Waals surface area contributed by atoms with Gasteiger partial charge < -0.3 is 19.3 Å². The van der Waals surface area contributed by atoms with Crippen molar-refractivity contribution in [2.75, 3.05) is 45.4 Å². The van der Waals surface area contributed by atoms with Crippen LogP contribution in [0.4, 0.5) is 5.82 Å². The van der Waals surface area contributed by atoms with Gasteiger partial charge in [0, 0.05) is 38.3 Å². The Morgan fingerprint density at radius 2 is 1.97 bits per heavy atom. The summed E-state index contributed by atoms with van der Waals surface area (Å²) < 4.78 is 10.3. The fourth-order valence-corrected chi connectivity index (χ4v) is 4.14. The number of pyridine rings is 1. The zero-order valence-electron chi connectivity index (χ0n) is 19.6. The van der Waals surface area contributed by atoms with Crippen molar-refractivity contribution in [3.05, 3.63) is 41.6 Å². The van der Waals surface area contributed by atoms with E-state index in [9.17, 15) is 10.1 Å². The van der Waals surface area contributed by atoms with E-state index >= 15 is 0 Å². The van der Waals surface area contributed by atoms with E-state index in [2.05, 4.69) is 24.8 Å². The van der Waals surface area contributed by atoms with Gasteiger partial charge in [-0.25, -0.2) is 4.98 Å². The Morgan fingerprint density at radius 3 is 2.53 bits per heavy atom. The molecule has 1 fully saturated rings. The number of nitriles is 1. The normalized spacial score (nSPS) is 16.2. The molecule has 1 atom stereocenters. The number of aromatic nitrogens is 1. The number of hydrogen-bond donors (Lipinski definition) is 0. The molecule has 0 spiro atoms. The van der Waals surface area contributed by atoms with Crippen LogP contribution in [0.15, 0.2) is 30.3 Å². The highest BCUT2D eigenvalue weighted by Crippen LogP contribution is 2.34. The first-order valence-corrected chi connectivity index (χ1v) is 11.0. The molecule has 1 aliphatic rings. The fourth-order valence-electron chi connectivity index (χ4n) is 4.14. The van der Waals surface area contributed by atoms with Gasteiger partial charge in [0.2, 0.25) is 5.91 Å². The number of hydrogen-bond acceptors (Lipinski definition) is 6. The van der Waals surface area contributed by atoms with Gasteiger partial charge in [0.1, 0.15) is 17.6 Å². The van der Waals surface area contributed by atoms with E-state index < -0.39 is 0 Å². The Bertz CT molecular complexity index is 982. The number of methoxy groups -OCH3 is 2. The number of anilines is 1. The maximum Gasteiger partial charge on any atom is 0.225 e. The third-order valence-corrected chi connectivity index (χ3v) is 5.87. The third kappa shape index (κ3) is 5.03. The summed E-state index contributed by atoms with van der Waals surface area (Å²) in [6.45, 7) is 8.58. The number of nitrogens with zero attached hydrogens (tertiary/aromatic N) is 4. The molecule has 1 amide bonds. The fraction of sp³-hybridized carbons (Fsp3) is 0.480. The molecule has 1 aliphatic heterocycles. The summed E-state index contributed by atoms with van der Waals surface area (Å²) in [6.07, 6.45) is 0.386. The summed E-state index contributed by atoms with van der Waals surface area (Å²) in [6, 6.07) is 12.1. The highest BCUT2D eigenvalue weighted by atomic mass is 16.5. The van der Waals surface area contributed by atoms with Gasteiger partial charge >= 0.3 is 0 Å². The number of amides is 1. The van der Waals surface area contributed by atoms with Gasteiger partial charge in [-0.2, -0.15) is 5.26 Å². The lowest BCUT2D eigenvalue weighted by molar-refractivity contribution is -0.134. The van der Waals surface area contributed by atoms with Gasteiger partial charge in [0.15, 0.2) is 0 Å². The molecule has 1 unspecified atom stereocenters. The zero-order valence-corrected chi connectivity index (χ0v) is 19.6. The minimum absolute atomic E-state index is 0.0326. The van der Waals surface area contributed by atoms with Gasteiger partial charge in [0.05, 0.1) is 31.4 Å². The lowest BCUT2D eigenvalue weighted by Gasteiger charge is -2.41. The molecule has 2 aromatic rings. The molecular formula is C25H32N4O3. The summed E-state index contributed by atoms with van der Waals surface area (Å²) in [7, 11) is 3.25. The van der Waals surface area contributed by atoms with Gasteiger partial charge in [-0.15, -0.1) is 0 Å². The number of rotatable bonds is 7. The number of piperazine rings is 1. The molecule has 1 saturated heterocycles. The maximum atomic E-state index is 12.5. The van der Waals surface area contributed by atoms with Crippen LogP contribution < -0.4 is 9.64 Å². The van der Waals surface area contributed by atoms with Gasteiger partial charge in [0.25, 0.3) is 0 Å². The largest absolute Gasteiger partial charge is 0.497 e. The predicted octanol–water partition coefficient (Wildman–Crippen LogP) is 3.83. The number of carbonyl (C=O) groups excluding carboxylic acids is 1. The Balaban J connectivity index is 1.91. The van der Waals surface area contributed by atoms with E-state index in [4.69, 9.17) is 14.5 Å². The second kappa shape index (κ2) is 10.5. The Morgan fingerprint density at radius 1 is 1.25 bits per heavy atom. The van der Waals surface area contributed by atoms with Crippen molar-refractivity contribution in [1.82, 2.24) is 9.88 Å². The summed E-state index contributed by atoms with van der Waals surface area (Å²) in [5.74, 6) is 1.78. The highest BCUT2D eigenvalue weighted by Gasteiger charge is 2.29. The average molecular weight is 437 g/mol.